The Labute approximate surface area is 71.7 Å². The lowest BCUT2D eigenvalue weighted by atomic mass is 10.1. The second-order valence-corrected chi connectivity index (χ2v) is 3.97. The zero-order chi connectivity index (χ0) is 7.40. The highest BCUT2D eigenvalue weighted by molar-refractivity contribution is 9.09. The van der Waals surface area contributed by atoms with E-state index >= 15 is 0 Å². The predicted octanol–water partition coefficient (Wildman–Crippen LogP) is 2.30. The van der Waals surface area contributed by atoms with Crippen LogP contribution in [0.2, 0.25) is 0 Å². The van der Waals surface area contributed by atoms with Crippen molar-refractivity contribution in [1.29, 1.82) is 0 Å². The molecule has 60 valence electrons. The van der Waals surface area contributed by atoms with Crippen molar-refractivity contribution >= 4 is 15.9 Å². The first kappa shape index (κ1) is 8.54. The number of hydrogen-bond acceptors (Lipinski definition) is 1. The fraction of sp³-hybridized carbons (Fsp3) is 1.00. The van der Waals surface area contributed by atoms with Gasteiger partial charge in [-0.15, -0.1) is 0 Å². The molecule has 0 aromatic heterocycles. The molecule has 10 heavy (non-hydrogen) atoms. The monoisotopic (exact) mass is 205 g/mol. The van der Waals surface area contributed by atoms with E-state index in [1.807, 2.05) is 0 Å². The number of halogens is 1. The number of rotatable bonds is 3. The largest absolute Gasteiger partial charge is 0.312 e. The smallest absolute Gasteiger partial charge is 0.00704 e. The third kappa shape index (κ3) is 2.59. The molecule has 2 atom stereocenters. The highest BCUT2D eigenvalue weighted by Gasteiger charge is 2.18. The molecule has 0 aromatic carbocycles. The summed E-state index contributed by atoms with van der Waals surface area (Å²) in [5.41, 5.74) is 0. The quantitative estimate of drug-likeness (QED) is 0.698. The van der Waals surface area contributed by atoms with E-state index in [1.165, 1.54) is 25.7 Å². The molecule has 1 N–H and O–H groups in total. The molecule has 1 aliphatic rings. The van der Waals surface area contributed by atoms with E-state index in [0.29, 0.717) is 0 Å². The summed E-state index contributed by atoms with van der Waals surface area (Å²) in [6.07, 6.45) is 5.40. The first-order chi connectivity index (χ1) is 4.83. The van der Waals surface area contributed by atoms with Crippen LogP contribution < -0.4 is 5.32 Å². The zero-order valence-electron chi connectivity index (χ0n) is 6.57. The van der Waals surface area contributed by atoms with E-state index in [2.05, 4.69) is 28.2 Å². The SMILES string of the molecule is CC1CCC(CCCBr)N1. The van der Waals surface area contributed by atoms with Crippen LogP contribution in [0, 0.1) is 0 Å². The van der Waals surface area contributed by atoms with E-state index < -0.39 is 0 Å². The van der Waals surface area contributed by atoms with Gasteiger partial charge in [0, 0.05) is 17.4 Å². The summed E-state index contributed by atoms with van der Waals surface area (Å²) >= 11 is 3.44. The van der Waals surface area contributed by atoms with Gasteiger partial charge < -0.3 is 5.32 Å². The van der Waals surface area contributed by atoms with Crippen molar-refractivity contribution in [2.45, 2.75) is 44.7 Å². The van der Waals surface area contributed by atoms with E-state index in [1.54, 1.807) is 0 Å². The molecule has 0 amide bonds. The average molecular weight is 206 g/mol. The van der Waals surface area contributed by atoms with Crippen LogP contribution in [-0.2, 0) is 0 Å². The highest BCUT2D eigenvalue weighted by Crippen LogP contribution is 2.15. The molecule has 1 heterocycles. The summed E-state index contributed by atoms with van der Waals surface area (Å²) in [4.78, 5) is 0. The van der Waals surface area contributed by atoms with Gasteiger partial charge in [0.2, 0.25) is 0 Å². The topological polar surface area (TPSA) is 12.0 Å². The third-order valence-electron chi connectivity index (χ3n) is 2.15. The van der Waals surface area contributed by atoms with Crippen LogP contribution in [0.4, 0.5) is 0 Å². The zero-order valence-corrected chi connectivity index (χ0v) is 8.15. The second kappa shape index (κ2) is 4.35. The number of alkyl halides is 1. The Hall–Kier alpha value is 0.440. The van der Waals surface area contributed by atoms with Gasteiger partial charge in [0.1, 0.15) is 0 Å². The lowest BCUT2D eigenvalue weighted by Crippen LogP contribution is -2.26. The Balaban J connectivity index is 2.06. The molecule has 0 bridgehead atoms. The number of hydrogen-bond donors (Lipinski definition) is 1. The summed E-state index contributed by atoms with van der Waals surface area (Å²) in [5, 5.41) is 4.72. The van der Waals surface area contributed by atoms with Gasteiger partial charge in [0.05, 0.1) is 0 Å². The maximum atomic E-state index is 3.57. The molecule has 1 fully saturated rings. The van der Waals surface area contributed by atoms with E-state index in [9.17, 15) is 0 Å². The average Bonchev–Trinajstić information content (AvgIpc) is 2.31. The molecule has 0 aliphatic carbocycles. The van der Waals surface area contributed by atoms with Gasteiger partial charge in [-0.05, 0) is 32.6 Å². The van der Waals surface area contributed by atoms with E-state index in [-0.39, 0.29) is 0 Å². The van der Waals surface area contributed by atoms with Gasteiger partial charge in [0.15, 0.2) is 0 Å². The summed E-state index contributed by atoms with van der Waals surface area (Å²) in [7, 11) is 0. The molecular formula is C8H16BrN. The van der Waals surface area contributed by atoms with Crippen molar-refractivity contribution < 1.29 is 0 Å². The minimum atomic E-state index is 0.764. The molecule has 1 saturated heterocycles. The summed E-state index contributed by atoms with van der Waals surface area (Å²) in [6.45, 7) is 2.27. The van der Waals surface area contributed by atoms with Crippen LogP contribution in [0.25, 0.3) is 0 Å². The van der Waals surface area contributed by atoms with Crippen molar-refractivity contribution in [3.05, 3.63) is 0 Å². The molecule has 0 aromatic rings. The predicted molar refractivity (Wildman–Crippen MR) is 48.6 cm³/mol. The maximum absolute atomic E-state index is 3.57. The van der Waals surface area contributed by atoms with Crippen molar-refractivity contribution in [1.82, 2.24) is 5.32 Å². The summed E-state index contributed by atoms with van der Waals surface area (Å²) < 4.78 is 0. The minimum absolute atomic E-state index is 0.764. The van der Waals surface area contributed by atoms with Crippen LogP contribution in [-0.4, -0.2) is 17.4 Å². The lowest BCUT2D eigenvalue weighted by Gasteiger charge is -2.09. The lowest BCUT2D eigenvalue weighted by molar-refractivity contribution is 0.524. The van der Waals surface area contributed by atoms with Crippen molar-refractivity contribution in [3.63, 3.8) is 0 Å². The molecular weight excluding hydrogens is 190 g/mol. The third-order valence-corrected chi connectivity index (χ3v) is 2.72. The Morgan fingerprint density at radius 1 is 1.50 bits per heavy atom. The fourth-order valence-corrected chi connectivity index (χ4v) is 1.90. The van der Waals surface area contributed by atoms with Gasteiger partial charge in [-0.1, -0.05) is 15.9 Å². The van der Waals surface area contributed by atoms with Crippen LogP contribution in [0.5, 0.6) is 0 Å². The van der Waals surface area contributed by atoms with Gasteiger partial charge in [-0.25, -0.2) is 0 Å². The standard InChI is InChI=1S/C8H16BrN/c1-7-4-5-8(10-7)3-2-6-9/h7-8,10H,2-6H2,1H3. The van der Waals surface area contributed by atoms with E-state index in [4.69, 9.17) is 0 Å². The fourth-order valence-electron chi connectivity index (χ4n) is 1.57. The Kier molecular flexibility index (Phi) is 3.71. The van der Waals surface area contributed by atoms with Gasteiger partial charge >= 0.3 is 0 Å². The number of nitrogens with one attached hydrogen (secondary N) is 1. The minimum Gasteiger partial charge on any atom is -0.312 e. The molecule has 2 heteroatoms. The molecule has 2 unspecified atom stereocenters. The van der Waals surface area contributed by atoms with Crippen molar-refractivity contribution in [2.24, 2.45) is 0 Å². The molecule has 0 saturated carbocycles. The first-order valence-electron chi connectivity index (χ1n) is 4.15. The van der Waals surface area contributed by atoms with Crippen LogP contribution in [0.1, 0.15) is 32.6 Å². The van der Waals surface area contributed by atoms with Crippen LogP contribution in [0.15, 0.2) is 0 Å². The van der Waals surface area contributed by atoms with Gasteiger partial charge in [0.25, 0.3) is 0 Å². The normalized spacial score (nSPS) is 33.0. The molecule has 0 spiro atoms. The van der Waals surface area contributed by atoms with Crippen molar-refractivity contribution in [3.8, 4) is 0 Å². The summed E-state index contributed by atoms with van der Waals surface area (Å²) in [6, 6.07) is 1.58. The van der Waals surface area contributed by atoms with Gasteiger partial charge in [-0.3, -0.25) is 0 Å². The Morgan fingerprint density at radius 3 is 2.80 bits per heavy atom. The Morgan fingerprint density at radius 2 is 2.30 bits per heavy atom. The van der Waals surface area contributed by atoms with Crippen LogP contribution in [0.3, 0.4) is 0 Å². The van der Waals surface area contributed by atoms with Gasteiger partial charge in [-0.2, -0.15) is 0 Å². The highest BCUT2D eigenvalue weighted by atomic mass is 79.9. The maximum Gasteiger partial charge on any atom is 0.00704 e. The summed E-state index contributed by atoms with van der Waals surface area (Å²) in [5.74, 6) is 0. The molecule has 1 nitrogen and oxygen atoms in total. The van der Waals surface area contributed by atoms with Crippen molar-refractivity contribution in [2.75, 3.05) is 5.33 Å². The Bertz CT molecular complexity index is 95.3. The second-order valence-electron chi connectivity index (χ2n) is 3.17. The van der Waals surface area contributed by atoms with Crippen LogP contribution >= 0.6 is 15.9 Å². The van der Waals surface area contributed by atoms with E-state index in [0.717, 1.165) is 17.4 Å². The molecule has 1 rings (SSSR count). The first-order valence-corrected chi connectivity index (χ1v) is 5.27. The molecule has 1 aliphatic heterocycles. The molecule has 0 radical (unpaired) electrons.